The summed E-state index contributed by atoms with van der Waals surface area (Å²) >= 11 is 0. The van der Waals surface area contributed by atoms with Crippen molar-refractivity contribution in [3.05, 3.63) is 65.5 Å². The molecule has 1 unspecified atom stereocenters. The molecule has 6 nitrogen and oxygen atoms in total. The summed E-state index contributed by atoms with van der Waals surface area (Å²) in [5, 5.41) is 2.68. The topological polar surface area (TPSA) is 83.6 Å². The first-order valence-electron chi connectivity index (χ1n) is 7.97. The summed E-state index contributed by atoms with van der Waals surface area (Å²) in [4.78, 5) is 24.5. The van der Waals surface area contributed by atoms with E-state index >= 15 is 0 Å². The van der Waals surface area contributed by atoms with Crippen LogP contribution in [0.2, 0.25) is 0 Å². The predicted molar refractivity (Wildman–Crippen MR) is 94.4 cm³/mol. The molecule has 1 N–H and O–H groups in total. The summed E-state index contributed by atoms with van der Waals surface area (Å²) in [5.74, 6) is -2.15. The maximum Gasteiger partial charge on any atom is 0.251 e. The molecular weight excluding hydrogens is 359 g/mol. The molecular formula is C18H17FN2O4S. The van der Waals surface area contributed by atoms with Crippen molar-refractivity contribution in [2.24, 2.45) is 5.92 Å². The standard InChI is InChI=1S/C18H17FN2O4S/c1-12-11-26(24,25)21(18(12)23)16-4-2-3-14(9-16)17(22)20-10-13-5-7-15(19)8-6-13/h2-9,12H,10-11H2,1H3,(H,20,22). The highest BCUT2D eigenvalue weighted by Gasteiger charge is 2.42. The molecule has 3 rings (SSSR count). The van der Waals surface area contributed by atoms with Gasteiger partial charge in [0, 0.05) is 12.1 Å². The minimum atomic E-state index is -3.72. The minimum Gasteiger partial charge on any atom is -0.348 e. The lowest BCUT2D eigenvalue weighted by Crippen LogP contribution is -2.30. The van der Waals surface area contributed by atoms with E-state index in [1.54, 1.807) is 19.1 Å². The van der Waals surface area contributed by atoms with Crippen molar-refractivity contribution < 1.29 is 22.4 Å². The summed E-state index contributed by atoms with van der Waals surface area (Å²) < 4.78 is 38.0. The molecule has 2 aromatic rings. The van der Waals surface area contributed by atoms with E-state index < -0.39 is 27.8 Å². The Hall–Kier alpha value is -2.74. The molecule has 0 spiro atoms. The Bertz CT molecular complexity index is 957. The first-order valence-corrected chi connectivity index (χ1v) is 9.58. The normalized spacial score (nSPS) is 18.8. The Morgan fingerprint density at radius 1 is 1.23 bits per heavy atom. The first-order chi connectivity index (χ1) is 12.3. The van der Waals surface area contributed by atoms with Crippen LogP contribution in [0.3, 0.4) is 0 Å². The highest BCUT2D eigenvalue weighted by atomic mass is 32.2. The van der Waals surface area contributed by atoms with Gasteiger partial charge in [-0.2, -0.15) is 0 Å². The second kappa shape index (κ2) is 6.87. The number of rotatable bonds is 4. The molecule has 1 fully saturated rings. The molecule has 0 saturated carbocycles. The van der Waals surface area contributed by atoms with Gasteiger partial charge in [0.05, 0.1) is 17.4 Å². The van der Waals surface area contributed by atoms with Gasteiger partial charge < -0.3 is 5.32 Å². The van der Waals surface area contributed by atoms with Crippen molar-refractivity contribution in [2.45, 2.75) is 13.5 Å². The van der Waals surface area contributed by atoms with Crippen LogP contribution < -0.4 is 9.62 Å². The molecule has 8 heteroatoms. The molecule has 2 amide bonds. The average molecular weight is 376 g/mol. The summed E-state index contributed by atoms with van der Waals surface area (Å²) in [5.41, 5.74) is 1.10. The molecule has 136 valence electrons. The van der Waals surface area contributed by atoms with Crippen LogP contribution in [0, 0.1) is 11.7 Å². The Balaban J connectivity index is 1.77. The average Bonchev–Trinajstić information content (AvgIpc) is 2.81. The van der Waals surface area contributed by atoms with Crippen LogP contribution in [-0.4, -0.2) is 26.0 Å². The van der Waals surface area contributed by atoms with Crippen molar-refractivity contribution in [3.8, 4) is 0 Å². The third kappa shape index (κ3) is 3.60. The summed E-state index contributed by atoms with van der Waals surface area (Å²) in [6.45, 7) is 1.75. The molecule has 1 atom stereocenters. The van der Waals surface area contributed by atoms with Crippen LogP contribution in [0.15, 0.2) is 48.5 Å². The Labute approximate surface area is 150 Å². The Morgan fingerprint density at radius 3 is 2.54 bits per heavy atom. The van der Waals surface area contributed by atoms with Gasteiger partial charge in [-0.3, -0.25) is 9.59 Å². The number of hydrogen-bond acceptors (Lipinski definition) is 4. The van der Waals surface area contributed by atoms with Gasteiger partial charge in [-0.15, -0.1) is 0 Å². The van der Waals surface area contributed by atoms with E-state index in [1.807, 2.05) is 0 Å². The van der Waals surface area contributed by atoms with Gasteiger partial charge in [-0.25, -0.2) is 17.1 Å². The zero-order valence-corrected chi connectivity index (χ0v) is 14.8. The monoisotopic (exact) mass is 376 g/mol. The fourth-order valence-electron chi connectivity index (χ4n) is 2.75. The molecule has 0 aliphatic carbocycles. The van der Waals surface area contributed by atoms with E-state index in [4.69, 9.17) is 0 Å². The van der Waals surface area contributed by atoms with Gasteiger partial charge in [0.15, 0.2) is 0 Å². The molecule has 26 heavy (non-hydrogen) atoms. The SMILES string of the molecule is CC1CS(=O)(=O)N(c2cccc(C(=O)NCc3ccc(F)cc3)c2)C1=O. The number of nitrogens with one attached hydrogen (secondary N) is 1. The number of hydrogen-bond donors (Lipinski definition) is 1. The highest BCUT2D eigenvalue weighted by molar-refractivity contribution is 7.94. The number of anilines is 1. The highest BCUT2D eigenvalue weighted by Crippen LogP contribution is 2.28. The molecule has 1 saturated heterocycles. The van der Waals surface area contributed by atoms with Crippen molar-refractivity contribution in [2.75, 3.05) is 10.1 Å². The van der Waals surface area contributed by atoms with Crippen LogP contribution in [0.5, 0.6) is 0 Å². The second-order valence-corrected chi connectivity index (χ2v) is 8.00. The van der Waals surface area contributed by atoms with Crippen molar-refractivity contribution in [1.82, 2.24) is 5.32 Å². The van der Waals surface area contributed by atoms with Gasteiger partial charge in [0.2, 0.25) is 15.9 Å². The van der Waals surface area contributed by atoms with Gasteiger partial charge in [-0.1, -0.05) is 25.1 Å². The van der Waals surface area contributed by atoms with Crippen molar-refractivity contribution in [3.63, 3.8) is 0 Å². The van der Waals surface area contributed by atoms with Crippen LogP contribution in [0.25, 0.3) is 0 Å². The van der Waals surface area contributed by atoms with E-state index in [0.29, 0.717) is 0 Å². The molecule has 2 aromatic carbocycles. The third-order valence-electron chi connectivity index (χ3n) is 4.07. The molecule has 1 heterocycles. The quantitative estimate of drug-likeness (QED) is 0.885. The lowest BCUT2D eigenvalue weighted by Gasteiger charge is -2.16. The van der Waals surface area contributed by atoms with E-state index in [-0.39, 0.29) is 29.4 Å². The summed E-state index contributed by atoms with van der Waals surface area (Å²) in [7, 11) is -3.72. The number of amides is 2. The molecule has 0 radical (unpaired) electrons. The number of carbonyl (C=O) groups excluding carboxylic acids is 2. The number of nitrogens with zero attached hydrogens (tertiary/aromatic N) is 1. The molecule has 0 aromatic heterocycles. The van der Waals surface area contributed by atoms with Gasteiger partial charge >= 0.3 is 0 Å². The van der Waals surface area contributed by atoms with Gasteiger partial charge in [-0.05, 0) is 35.9 Å². The van der Waals surface area contributed by atoms with Crippen LogP contribution in [0.4, 0.5) is 10.1 Å². The Morgan fingerprint density at radius 2 is 1.92 bits per heavy atom. The van der Waals surface area contributed by atoms with E-state index in [9.17, 15) is 22.4 Å². The zero-order chi connectivity index (χ0) is 18.9. The lowest BCUT2D eigenvalue weighted by molar-refractivity contribution is -0.119. The number of benzene rings is 2. The predicted octanol–water partition coefficient (Wildman–Crippen LogP) is 2.07. The van der Waals surface area contributed by atoms with Crippen LogP contribution >= 0.6 is 0 Å². The fraction of sp³-hybridized carbons (Fsp3) is 0.222. The zero-order valence-electron chi connectivity index (χ0n) is 14.0. The third-order valence-corrected chi connectivity index (χ3v) is 5.94. The second-order valence-electron chi connectivity index (χ2n) is 6.14. The van der Waals surface area contributed by atoms with E-state index in [2.05, 4.69) is 5.32 Å². The largest absolute Gasteiger partial charge is 0.348 e. The maximum absolute atomic E-state index is 12.9. The number of sulfonamides is 1. The lowest BCUT2D eigenvalue weighted by atomic mass is 10.1. The number of carbonyl (C=O) groups is 2. The van der Waals surface area contributed by atoms with Crippen molar-refractivity contribution in [1.29, 1.82) is 0 Å². The number of halogens is 1. The molecule has 0 bridgehead atoms. The first kappa shape index (κ1) is 18.1. The molecule has 1 aliphatic rings. The Kier molecular flexibility index (Phi) is 4.78. The summed E-state index contributed by atoms with van der Waals surface area (Å²) in [6, 6.07) is 11.6. The summed E-state index contributed by atoms with van der Waals surface area (Å²) in [6.07, 6.45) is 0. The maximum atomic E-state index is 12.9. The van der Waals surface area contributed by atoms with Crippen molar-refractivity contribution >= 4 is 27.5 Å². The van der Waals surface area contributed by atoms with Crippen LogP contribution in [0.1, 0.15) is 22.8 Å². The fourth-order valence-corrected chi connectivity index (χ4v) is 4.56. The van der Waals surface area contributed by atoms with Gasteiger partial charge in [0.25, 0.3) is 5.91 Å². The van der Waals surface area contributed by atoms with E-state index in [0.717, 1.165) is 9.87 Å². The van der Waals surface area contributed by atoms with Gasteiger partial charge in [0.1, 0.15) is 5.82 Å². The molecule has 1 aliphatic heterocycles. The van der Waals surface area contributed by atoms with Crippen LogP contribution in [-0.2, 0) is 21.4 Å². The van der Waals surface area contributed by atoms with E-state index in [1.165, 1.54) is 36.4 Å². The smallest absolute Gasteiger partial charge is 0.251 e. The minimum absolute atomic E-state index is 0.147.